The van der Waals surface area contributed by atoms with Gasteiger partial charge in [-0.15, -0.1) is 0 Å². The summed E-state index contributed by atoms with van der Waals surface area (Å²) in [6.07, 6.45) is 2.48. The molecule has 1 atom stereocenters. The molecule has 0 bridgehead atoms. The van der Waals surface area contributed by atoms with Crippen molar-refractivity contribution in [1.29, 1.82) is 0 Å². The molecule has 0 radical (unpaired) electrons. The Morgan fingerprint density at radius 2 is 1.84 bits per heavy atom. The van der Waals surface area contributed by atoms with Gasteiger partial charge >= 0.3 is 0 Å². The van der Waals surface area contributed by atoms with E-state index in [9.17, 15) is 13.2 Å². The molecule has 0 N–H and O–H groups in total. The van der Waals surface area contributed by atoms with Gasteiger partial charge in [0.25, 0.3) is 0 Å². The summed E-state index contributed by atoms with van der Waals surface area (Å²) in [6.45, 7) is 0.764. The molecule has 7 nitrogen and oxygen atoms in total. The molecule has 1 aromatic rings. The lowest BCUT2D eigenvalue weighted by atomic mass is 10.1. The van der Waals surface area contributed by atoms with Gasteiger partial charge in [-0.05, 0) is 24.5 Å². The fraction of sp³-hybridized carbons (Fsp3) is 0.588. The minimum absolute atomic E-state index is 0.0528. The summed E-state index contributed by atoms with van der Waals surface area (Å²) in [5, 5.41) is -0.452. The van der Waals surface area contributed by atoms with Gasteiger partial charge in [0, 0.05) is 25.8 Å². The highest BCUT2D eigenvalue weighted by atomic mass is 32.2. The summed E-state index contributed by atoms with van der Waals surface area (Å²) in [4.78, 5) is 14.0. The number of carbonyl (C=O) groups excluding carboxylic acids is 1. The molecule has 25 heavy (non-hydrogen) atoms. The number of aryl methyl sites for hydroxylation is 1. The third-order valence-electron chi connectivity index (χ3n) is 4.50. The number of ether oxygens (including phenoxy) is 3. The number of methoxy groups -OCH3 is 3. The first-order valence-electron chi connectivity index (χ1n) is 8.06. The molecular weight excluding hydrogens is 346 g/mol. The number of hydrogen-bond acceptors (Lipinski definition) is 6. The van der Waals surface area contributed by atoms with Gasteiger partial charge in [0.1, 0.15) is 0 Å². The van der Waals surface area contributed by atoms with Crippen molar-refractivity contribution < 1.29 is 27.4 Å². The van der Waals surface area contributed by atoms with E-state index >= 15 is 0 Å². The minimum Gasteiger partial charge on any atom is -0.493 e. The zero-order valence-corrected chi connectivity index (χ0v) is 15.9. The summed E-state index contributed by atoms with van der Waals surface area (Å²) in [5.74, 6) is 1.55. The number of benzene rings is 1. The van der Waals surface area contributed by atoms with Gasteiger partial charge in [0.2, 0.25) is 11.7 Å². The predicted octanol–water partition coefficient (Wildman–Crippen LogP) is 1.29. The molecule has 1 fully saturated rings. The quantitative estimate of drug-likeness (QED) is 0.718. The molecule has 8 heteroatoms. The Morgan fingerprint density at radius 3 is 2.36 bits per heavy atom. The Balaban J connectivity index is 2.05. The molecule has 1 aliphatic rings. The lowest BCUT2D eigenvalue weighted by Gasteiger charge is -2.18. The lowest BCUT2D eigenvalue weighted by Crippen LogP contribution is -2.31. The van der Waals surface area contributed by atoms with Crippen molar-refractivity contribution in [2.45, 2.75) is 24.5 Å². The van der Waals surface area contributed by atoms with Gasteiger partial charge in [-0.2, -0.15) is 0 Å². The van der Waals surface area contributed by atoms with E-state index in [2.05, 4.69) is 0 Å². The maximum Gasteiger partial charge on any atom is 0.222 e. The first-order chi connectivity index (χ1) is 11.8. The van der Waals surface area contributed by atoms with Crippen LogP contribution in [0.4, 0.5) is 0 Å². The number of nitrogens with zero attached hydrogens (tertiary/aromatic N) is 1. The number of rotatable bonds is 7. The van der Waals surface area contributed by atoms with Gasteiger partial charge in [-0.1, -0.05) is 6.07 Å². The highest BCUT2D eigenvalue weighted by molar-refractivity contribution is 7.91. The highest BCUT2D eigenvalue weighted by Gasteiger charge is 2.32. The predicted molar refractivity (Wildman–Crippen MR) is 94.2 cm³/mol. The lowest BCUT2D eigenvalue weighted by molar-refractivity contribution is -0.130. The molecule has 2 rings (SSSR count). The monoisotopic (exact) mass is 371 g/mol. The summed E-state index contributed by atoms with van der Waals surface area (Å²) >= 11 is 0. The van der Waals surface area contributed by atoms with Crippen molar-refractivity contribution in [3.05, 3.63) is 17.7 Å². The van der Waals surface area contributed by atoms with Crippen LogP contribution in [0.15, 0.2) is 12.1 Å². The molecule has 0 spiro atoms. The Labute approximate surface area is 148 Å². The first-order valence-corrected chi connectivity index (χ1v) is 10.0. The molecule has 0 aliphatic carbocycles. The second-order valence-corrected chi connectivity index (χ2v) is 8.40. The van der Waals surface area contributed by atoms with Crippen molar-refractivity contribution in [3.8, 4) is 17.2 Å². The first kappa shape index (κ1) is 19.4. The zero-order chi connectivity index (χ0) is 18.6. The Hall–Kier alpha value is -1.96. The normalized spacial score (nSPS) is 17.4. The Bertz CT molecular complexity index is 731. The molecule has 1 heterocycles. The zero-order valence-electron chi connectivity index (χ0n) is 15.1. The fourth-order valence-corrected chi connectivity index (χ4v) is 4.05. The third-order valence-corrected chi connectivity index (χ3v) is 6.09. The van der Waals surface area contributed by atoms with Crippen LogP contribution >= 0.6 is 0 Å². The molecule has 1 amide bonds. The van der Waals surface area contributed by atoms with Gasteiger partial charge in [-0.3, -0.25) is 4.79 Å². The van der Waals surface area contributed by atoms with Gasteiger partial charge in [0.15, 0.2) is 21.3 Å². The maximum absolute atomic E-state index is 12.4. The van der Waals surface area contributed by atoms with Crippen molar-refractivity contribution >= 4 is 15.7 Å². The highest BCUT2D eigenvalue weighted by Crippen LogP contribution is 2.40. The van der Waals surface area contributed by atoms with E-state index in [1.807, 2.05) is 6.07 Å². The van der Waals surface area contributed by atoms with Crippen molar-refractivity contribution in [2.75, 3.05) is 40.7 Å². The van der Waals surface area contributed by atoms with E-state index in [0.29, 0.717) is 36.6 Å². The van der Waals surface area contributed by atoms with Crippen LogP contribution in [0.3, 0.4) is 0 Å². The van der Waals surface area contributed by atoms with E-state index in [1.54, 1.807) is 25.2 Å². The molecule has 1 saturated heterocycles. The van der Waals surface area contributed by atoms with E-state index in [4.69, 9.17) is 14.2 Å². The molecular formula is C17H25NO6S. The molecule has 0 saturated carbocycles. The summed E-state index contributed by atoms with van der Waals surface area (Å²) in [7, 11) is 1.51. The van der Waals surface area contributed by atoms with Gasteiger partial charge < -0.3 is 19.1 Å². The maximum atomic E-state index is 12.4. The topological polar surface area (TPSA) is 82.1 Å². The van der Waals surface area contributed by atoms with Crippen LogP contribution in [0.5, 0.6) is 17.2 Å². The summed E-state index contributed by atoms with van der Waals surface area (Å²) in [6, 6.07) is 3.62. The van der Waals surface area contributed by atoms with E-state index < -0.39 is 15.1 Å². The Kier molecular flexibility index (Phi) is 6.16. The number of likely N-dealkylation sites (tertiary alicyclic amines) is 1. The van der Waals surface area contributed by atoms with Crippen LogP contribution in [-0.4, -0.2) is 65.1 Å². The number of hydrogen-bond donors (Lipinski definition) is 0. The number of amides is 1. The smallest absolute Gasteiger partial charge is 0.222 e. The third kappa shape index (κ3) is 4.36. The molecule has 1 unspecified atom stereocenters. The minimum atomic E-state index is -3.11. The van der Waals surface area contributed by atoms with Crippen molar-refractivity contribution in [1.82, 2.24) is 4.90 Å². The van der Waals surface area contributed by atoms with Crippen LogP contribution in [-0.2, 0) is 21.1 Å². The fourth-order valence-electron chi connectivity index (χ4n) is 3.06. The largest absolute Gasteiger partial charge is 0.493 e. The Morgan fingerprint density at radius 1 is 1.16 bits per heavy atom. The van der Waals surface area contributed by atoms with E-state index in [1.165, 1.54) is 13.4 Å². The van der Waals surface area contributed by atoms with Crippen molar-refractivity contribution in [2.24, 2.45) is 0 Å². The van der Waals surface area contributed by atoms with Crippen molar-refractivity contribution in [3.63, 3.8) is 0 Å². The van der Waals surface area contributed by atoms with Gasteiger partial charge in [0.05, 0.1) is 26.6 Å². The van der Waals surface area contributed by atoms with Crippen LogP contribution in [0.2, 0.25) is 0 Å². The molecule has 0 aromatic heterocycles. The standard InChI is InChI=1S/C17H25NO6S/c1-22-14-7-5-12(16(23-2)17(14)24-3)6-8-15(19)18-10-9-13(11-18)25(4,20)21/h5,7,13H,6,8-11H2,1-4H3. The van der Waals surface area contributed by atoms with Crippen LogP contribution in [0.25, 0.3) is 0 Å². The second-order valence-electron chi connectivity index (χ2n) is 6.07. The summed E-state index contributed by atoms with van der Waals surface area (Å²) < 4.78 is 39.2. The van der Waals surface area contributed by atoms with Gasteiger partial charge in [-0.25, -0.2) is 8.42 Å². The SMILES string of the molecule is COc1ccc(CCC(=O)N2CCC(S(C)(=O)=O)C2)c(OC)c1OC. The van der Waals surface area contributed by atoms with Crippen LogP contribution in [0, 0.1) is 0 Å². The van der Waals surface area contributed by atoms with E-state index in [0.717, 1.165) is 5.56 Å². The van der Waals surface area contributed by atoms with E-state index in [-0.39, 0.29) is 18.9 Å². The summed E-state index contributed by atoms with van der Waals surface area (Å²) in [5.41, 5.74) is 0.840. The average Bonchev–Trinajstić information content (AvgIpc) is 3.09. The van der Waals surface area contributed by atoms with Crippen LogP contribution in [0.1, 0.15) is 18.4 Å². The van der Waals surface area contributed by atoms with Crippen LogP contribution < -0.4 is 14.2 Å². The average molecular weight is 371 g/mol. The number of carbonyl (C=O) groups is 1. The molecule has 1 aromatic carbocycles. The number of sulfone groups is 1. The molecule has 140 valence electrons. The second kappa shape index (κ2) is 7.95. The molecule has 1 aliphatic heterocycles.